The van der Waals surface area contributed by atoms with Crippen LogP contribution in [0.3, 0.4) is 0 Å². The van der Waals surface area contributed by atoms with E-state index in [9.17, 15) is 4.79 Å². The van der Waals surface area contributed by atoms with Crippen molar-refractivity contribution in [1.82, 2.24) is 24.7 Å². The molecule has 0 fully saturated rings. The van der Waals surface area contributed by atoms with Gasteiger partial charge in [0.25, 0.3) is 5.56 Å². The molecule has 5 rings (SSSR count). The van der Waals surface area contributed by atoms with Crippen LogP contribution in [0.2, 0.25) is 0 Å². The van der Waals surface area contributed by atoms with E-state index < -0.39 is 0 Å². The Morgan fingerprint density at radius 3 is 2.56 bits per heavy atom. The minimum atomic E-state index is -0.113. The number of thiophene rings is 1. The Hall–Kier alpha value is -3.49. The second-order valence-electron chi connectivity index (χ2n) is 7.95. The van der Waals surface area contributed by atoms with Gasteiger partial charge in [0.05, 0.1) is 11.1 Å². The molecule has 0 saturated carbocycles. The SMILES string of the molecule is C=CCn1c(SCc2nc3sc(C)c(-c4ccc(C)cc4)c3c(=O)[nH]2)nnc1-c1ccccc1. The molecule has 5 aromatic rings. The first-order valence-corrected chi connectivity index (χ1v) is 12.7. The molecule has 0 bridgehead atoms. The second kappa shape index (κ2) is 9.40. The van der Waals surface area contributed by atoms with Gasteiger partial charge >= 0.3 is 0 Å². The summed E-state index contributed by atoms with van der Waals surface area (Å²) in [4.78, 5) is 22.7. The summed E-state index contributed by atoms with van der Waals surface area (Å²) in [6.07, 6.45) is 1.83. The van der Waals surface area contributed by atoms with Crippen LogP contribution in [0.1, 0.15) is 16.3 Å². The number of rotatable bonds is 7. The number of nitrogens with one attached hydrogen (secondary N) is 1. The second-order valence-corrected chi connectivity index (χ2v) is 10.1. The smallest absolute Gasteiger partial charge is 0.260 e. The molecule has 0 amide bonds. The molecular weight excluding hydrogens is 462 g/mol. The molecule has 0 spiro atoms. The molecule has 2 aromatic carbocycles. The van der Waals surface area contributed by atoms with Gasteiger partial charge in [0, 0.05) is 22.5 Å². The van der Waals surface area contributed by atoms with E-state index in [4.69, 9.17) is 4.98 Å². The van der Waals surface area contributed by atoms with Crippen molar-refractivity contribution in [2.75, 3.05) is 0 Å². The third-order valence-electron chi connectivity index (χ3n) is 5.53. The molecule has 3 heterocycles. The van der Waals surface area contributed by atoms with Gasteiger partial charge in [-0.15, -0.1) is 28.1 Å². The highest BCUT2D eigenvalue weighted by Gasteiger charge is 2.18. The maximum Gasteiger partial charge on any atom is 0.260 e. The standard InChI is InChI=1S/C26H23N5OS2/c1-4-14-31-23(19-8-6-5-7-9-19)29-30-26(31)33-15-20-27-24(32)22-21(17(3)34-25(22)28-20)18-12-10-16(2)11-13-18/h4-13H,1,14-15H2,2-3H3,(H,27,28,32). The summed E-state index contributed by atoms with van der Waals surface area (Å²) >= 11 is 3.05. The molecule has 3 aromatic heterocycles. The maximum absolute atomic E-state index is 13.1. The van der Waals surface area contributed by atoms with Crippen LogP contribution < -0.4 is 5.56 Å². The number of nitrogens with zero attached hydrogens (tertiary/aromatic N) is 4. The third-order valence-corrected chi connectivity index (χ3v) is 7.50. The lowest BCUT2D eigenvalue weighted by Crippen LogP contribution is -2.11. The van der Waals surface area contributed by atoms with Crippen LogP contribution >= 0.6 is 23.1 Å². The minimum absolute atomic E-state index is 0.113. The molecule has 170 valence electrons. The first-order chi connectivity index (χ1) is 16.5. The van der Waals surface area contributed by atoms with Gasteiger partial charge in [0.15, 0.2) is 11.0 Å². The van der Waals surface area contributed by atoms with Crippen LogP contribution in [-0.2, 0) is 12.3 Å². The molecule has 8 heteroatoms. The topological polar surface area (TPSA) is 76.5 Å². The Balaban J connectivity index is 1.46. The molecule has 0 aliphatic carbocycles. The zero-order chi connectivity index (χ0) is 23.7. The number of aromatic amines is 1. The predicted octanol–water partition coefficient (Wildman–Crippen LogP) is 6.01. The Morgan fingerprint density at radius 1 is 1.06 bits per heavy atom. The van der Waals surface area contributed by atoms with Crippen molar-refractivity contribution in [3.8, 4) is 22.5 Å². The number of hydrogen-bond acceptors (Lipinski definition) is 6. The van der Waals surface area contributed by atoms with E-state index in [1.54, 1.807) is 11.3 Å². The van der Waals surface area contributed by atoms with Gasteiger partial charge in [-0.25, -0.2) is 4.98 Å². The molecule has 0 atom stereocenters. The maximum atomic E-state index is 13.1. The number of thioether (sulfide) groups is 1. The summed E-state index contributed by atoms with van der Waals surface area (Å²) in [5, 5.41) is 10.2. The molecule has 0 unspecified atom stereocenters. The predicted molar refractivity (Wildman–Crippen MR) is 140 cm³/mol. The first kappa shape index (κ1) is 22.3. The summed E-state index contributed by atoms with van der Waals surface area (Å²) in [5.41, 5.74) is 4.07. The van der Waals surface area contributed by atoms with Crippen molar-refractivity contribution >= 4 is 33.3 Å². The van der Waals surface area contributed by atoms with Gasteiger partial charge in [0.1, 0.15) is 10.7 Å². The first-order valence-electron chi connectivity index (χ1n) is 10.9. The zero-order valence-electron chi connectivity index (χ0n) is 18.9. The van der Waals surface area contributed by atoms with Crippen LogP contribution in [0.25, 0.3) is 32.7 Å². The molecule has 0 aliphatic rings. The van der Waals surface area contributed by atoms with Crippen LogP contribution in [0, 0.1) is 13.8 Å². The summed E-state index contributed by atoms with van der Waals surface area (Å²) in [6.45, 7) is 8.56. The lowest BCUT2D eigenvalue weighted by molar-refractivity contribution is 0.730. The molecule has 1 N–H and O–H groups in total. The van der Waals surface area contributed by atoms with E-state index in [0.29, 0.717) is 23.5 Å². The van der Waals surface area contributed by atoms with E-state index in [1.807, 2.05) is 47.9 Å². The summed E-state index contributed by atoms with van der Waals surface area (Å²) in [6, 6.07) is 18.2. The van der Waals surface area contributed by atoms with E-state index in [0.717, 1.165) is 37.4 Å². The average Bonchev–Trinajstić information content (AvgIpc) is 3.39. The minimum Gasteiger partial charge on any atom is -0.309 e. The zero-order valence-corrected chi connectivity index (χ0v) is 20.5. The highest BCUT2D eigenvalue weighted by atomic mass is 32.2. The number of allylic oxidation sites excluding steroid dienone is 1. The van der Waals surface area contributed by atoms with Crippen LogP contribution in [0.15, 0.2) is 77.2 Å². The normalized spacial score (nSPS) is 11.2. The highest BCUT2D eigenvalue weighted by Crippen LogP contribution is 2.36. The summed E-state index contributed by atoms with van der Waals surface area (Å²) in [5.74, 6) is 1.89. The van der Waals surface area contributed by atoms with Crippen molar-refractivity contribution in [2.45, 2.75) is 31.3 Å². The quantitative estimate of drug-likeness (QED) is 0.226. The van der Waals surface area contributed by atoms with Crippen molar-refractivity contribution in [3.63, 3.8) is 0 Å². The number of benzene rings is 2. The number of aromatic nitrogens is 5. The fraction of sp³-hybridized carbons (Fsp3) is 0.154. The molecule has 0 saturated heterocycles. The van der Waals surface area contributed by atoms with Gasteiger partial charge < -0.3 is 4.98 Å². The van der Waals surface area contributed by atoms with E-state index in [-0.39, 0.29) is 5.56 Å². The van der Waals surface area contributed by atoms with Gasteiger partial charge in [-0.3, -0.25) is 9.36 Å². The molecule has 0 aliphatic heterocycles. The van der Waals surface area contributed by atoms with Crippen LogP contribution in [-0.4, -0.2) is 24.7 Å². The van der Waals surface area contributed by atoms with Gasteiger partial charge in [-0.1, -0.05) is 78.0 Å². The van der Waals surface area contributed by atoms with Gasteiger partial charge in [-0.2, -0.15) is 0 Å². The largest absolute Gasteiger partial charge is 0.309 e. The van der Waals surface area contributed by atoms with E-state index in [1.165, 1.54) is 17.3 Å². The fourth-order valence-electron chi connectivity index (χ4n) is 3.92. The van der Waals surface area contributed by atoms with Gasteiger partial charge in [-0.05, 0) is 19.4 Å². The Labute approximate surface area is 205 Å². The fourth-order valence-corrected chi connectivity index (χ4v) is 5.81. The van der Waals surface area contributed by atoms with Crippen molar-refractivity contribution in [1.29, 1.82) is 0 Å². The van der Waals surface area contributed by atoms with Gasteiger partial charge in [0.2, 0.25) is 0 Å². The molecular formula is C26H23N5OS2. The van der Waals surface area contributed by atoms with Crippen LogP contribution in [0.5, 0.6) is 0 Å². The number of aryl methyl sites for hydroxylation is 2. The average molecular weight is 486 g/mol. The number of fused-ring (bicyclic) bond motifs is 1. The molecule has 6 nitrogen and oxygen atoms in total. The Bertz CT molecular complexity index is 1530. The number of H-pyrrole nitrogens is 1. The molecule has 34 heavy (non-hydrogen) atoms. The molecule has 0 radical (unpaired) electrons. The van der Waals surface area contributed by atoms with Crippen molar-refractivity contribution in [2.24, 2.45) is 0 Å². The van der Waals surface area contributed by atoms with Crippen LogP contribution in [0.4, 0.5) is 0 Å². The Kier molecular flexibility index (Phi) is 6.17. The van der Waals surface area contributed by atoms with Crippen molar-refractivity contribution < 1.29 is 0 Å². The number of hydrogen-bond donors (Lipinski definition) is 1. The summed E-state index contributed by atoms with van der Waals surface area (Å²) < 4.78 is 2.02. The monoisotopic (exact) mass is 485 g/mol. The van der Waals surface area contributed by atoms with E-state index in [2.05, 4.69) is 52.9 Å². The lowest BCUT2D eigenvalue weighted by Gasteiger charge is -2.07. The van der Waals surface area contributed by atoms with Crippen molar-refractivity contribution in [3.05, 3.63) is 93.9 Å². The third kappa shape index (κ3) is 4.22. The lowest BCUT2D eigenvalue weighted by atomic mass is 10.0. The summed E-state index contributed by atoms with van der Waals surface area (Å²) in [7, 11) is 0. The van der Waals surface area contributed by atoms with E-state index >= 15 is 0 Å². The highest BCUT2D eigenvalue weighted by molar-refractivity contribution is 7.98. The Morgan fingerprint density at radius 2 is 1.82 bits per heavy atom.